The first kappa shape index (κ1) is 22.4. The van der Waals surface area contributed by atoms with E-state index in [9.17, 15) is 9.59 Å². The fourth-order valence-corrected chi connectivity index (χ4v) is 4.98. The van der Waals surface area contributed by atoms with Gasteiger partial charge in [0, 0.05) is 36.9 Å². The second kappa shape index (κ2) is 8.65. The van der Waals surface area contributed by atoms with Crippen molar-refractivity contribution in [2.75, 3.05) is 13.7 Å². The largest absolute Gasteiger partial charge is 0.492 e. The van der Waals surface area contributed by atoms with E-state index < -0.39 is 29.6 Å². The van der Waals surface area contributed by atoms with E-state index in [1.165, 1.54) is 0 Å². The van der Waals surface area contributed by atoms with Gasteiger partial charge in [0.1, 0.15) is 0 Å². The monoisotopic (exact) mass is 549 g/mol. The maximum atomic E-state index is 13.1. The first-order chi connectivity index (χ1) is 15.3. The number of cyclic esters (lactones) is 2. The lowest BCUT2D eigenvalue weighted by Gasteiger charge is -2.36. The molecule has 1 N–H and O–H groups in total. The highest BCUT2D eigenvalue weighted by Gasteiger charge is 2.48. The summed E-state index contributed by atoms with van der Waals surface area (Å²) in [5.41, 5.74) is 2.42. The Morgan fingerprint density at radius 1 is 1.16 bits per heavy atom. The molecule has 0 saturated carbocycles. The summed E-state index contributed by atoms with van der Waals surface area (Å²) in [5.74, 6) is -3.22. The number of hydrogen-bond donors (Lipinski definition) is 1. The Bertz CT molecular complexity index is 1160. The van der Waals surface area contributed by atoms with Gasteiger partial charge < -0.3 is 23.9 Å². The van der Waals surface area contributed by atoms with Gasteiger partial charge in [0.05, 0.1) is 17.3 Å². The Morgan fingerprint density at radius 2 is 1.84 bits per heavy atom. The molecule has 0 bridgehead atoms. The SMILES string of the molecule is CCOc1cc([C@H](c2c[nH]c3ccccc23)C2C(=O)OC(C)(C)OC2=O)cc(I)c1OC. The number of rotatable bonds is 6. The molecule has 168 valence electrons. The molecule has 4 rings (SSSR count). The number of carbonyl (C=O) groups excluding carboxylic acids is 2. The van der Waals surface area contributed by atoms with Crippen LogP contribution >= 0.6 is 22.6 Å². The molecular formula is C24H24INO6. The predicted octanol–water partition coefficient (Wildman–Crippen LogP) is 4.76. The van der Waals surface area contributed by atoms with Gasteiger partial charge in [0.2, 0.25) is 0 Å². The second-order valence-electron chi connectivity index (χ2n) is 7.95. The van der Waals surface area contributed by atoms with E-state index >= 15 is 0 Å². The molecule has 0 spiro atoms. The number of H-pyrrole nitrogens is 1. The average molecular weight is 549 g/mol. The van der Waals surface area contributed by atoms with Crippen molar-refractivity contribution in [3.05, 3.63) is 57.3 Å². The predicted molar refractivity (Wildman–Crippen MR) is 127 cm³/mol. The third kappa shape index (κ3) is 4.03. The van der Waals surface area contributed by atoms with Crippen LogP contribution < -0.4 is 9.47 Å². The van der Waals surface area contributed by atoms with E-state index in [4.69, 9.17) is 18.9 Å². The minimum Gasteiger partial charge on any atom is -0.492 e. The summed E-state index contributed by atoms with van der Waals surface area (Å²) in [5, 5.41) is 0.909. The molecule has 3 aromatic rings. The number of fused-ring (bicyclic) bond motifs is 1. The lowest BCUT2D eigenvalue weighted by atomic mass is 9.80. The summed E-state index contributed by atoms with van der Waals surface area (Å²) in [6, 6.07) is 11.5. The number of ether oxygens (including phenoxy) is 4. The van der Waals surface area contributed by atoms with Crippen LogP contribution in [0.25, 0.3) is 10.9 Å². The van der Waals surface area contributed by atoms with E-state index in [-0.39, 0.29) is 0 Å². The van der Waals surface area contributed by atoms with Crippen molar-refractivity contribution in [3.8, 4) is 11.5 Å². The Labute approximate surface area is 199 Å². The molecule has 0 radical (unpaired) electrons. The van der Waals surface area contributed by atoms with Gasteiger partial charge in [-0.05, 0) is 58.8 Å². The highest BCUT2D eigenvalue weighted by Crippen LogP contribution is 2.44. The van der Waals surface area contributed by atoms with Crippen LogP contribution in [-0.2, 0) is 19.1 Å². The highest BCUT2D eigenvalue weighted by atomic mass is 127. The van der Waals surface area contributed by atoms with E-state index in [1.807, 2.05) is 49.5 Å². The summed E-state index contributed by atoms with van der Waals surface area (Å²) >= 11 is 2.16. The molecular weight excluding hydrogens is 525 g/mol. The third-order valence-corrected chi connectivity index (χ3v) is 6.19. The normalized spacial score (nSPS) is 17.0. The smallest absolute Gasteiger partial charge is 0.324 e. The summed E-state index contributed by atoms with van der Waals surface area (Å²) in [6.45, 7) is 5.41. The Morgan fingerprint density at radius 3 is 2.50 bits per heavy atom. The number of benzene rings is 2. The lowest BCUT2D eigenvalue weighted by molar-refractivity contribution is -0.240. The van der Waals surface area contributed by atoms with Crippen LogP contribution in [0.4, 0.5) is 0 Å². The summed E-state index contributed by atoms with van der Waals surface area (Å²) in [4.78, 5) is 29.4. The number of nitrogens with one attached hydrogen (secondary N) is 1. The van der Waals surface area contributed by atoms with Gasteiger partial charge in [0.15, 0.2) is 17.4 Å². The third-order valence-electron chi connectivity index (χ3n) is 5.39. The van der Waals surface area contributed by atoms with Crippen molar-refractivity contribution in [1.82, 2.24) is 4.98 Å². The molecule has 0 aliphatic carbocycles. The van der Waals surface area contributed by atoms with Gasteiger partial charge in [-0.2, -0.15) is 0 Å². The van der Waals surface area contributed by atoms with Gasteiger partial charge in [-0.25, -0.2) is 0 Å². The van der Waals surface area contributed by atoms with Gasteiger partial charge in [-0.15, -0.1) is 0 Å². The average Bonchev–Trinajstić information content (AvgIpc) is 3.13. The number of halogens is 1. The molecule has 1 atom stereocenters. The molecule has 2 heterocycles. The van der Waals surface area contributed by atoms with Crippen molar-refractivity contribution in [2.24, 2.45) is 5.92 Å². The fourth-order valence-electron chi connectivity index (χ4n) is 4.13. The summed E-state index contributed by atoms with van der Waals surface area (Å²) < 4.78 is 23.1. The van der Waals surface area contributed by atoms with Crippen molar-refractivity contribution < 1.29 is 28.5 Å². The molecule has 7 nitrogen and oxygen atoms in total. The van der Waals surface area contributed by atoms with Gasteiger partial charge in [-0.3, -0.25) is 9.59 Å². The minimum atomic E-state index is -1.31. The first-order valence-corrected chi connectivity index (χ1v) is 11.4. The number of aromatic nitrogens is 1. The number of methoxy groups -OCH3 is 1. The standard InChI is InChI=1S/C24H24INO6/c1-5-30-18-11-13(10-16(25)21(18)29-4)19(15-12-26-17-9-7-6-8-14(15)17)20-22(27)31-24(2,3)32-23(20)28/h6-12,19-20,26H,5H2,1-4H3/t19-/m1/s1. The number of aromatic amines is 1. The summed E-state index contributed by atoms with van der Waals surface area (Å²) in [7, 11) is 1.58. The van der Waals surface area contributed by atoms with Crippen LogP contribution in [0.3, 0.4) is 0 Å². The zero-order valence-corrected chi connectivity index (χ0v) is 20.4. The summed E-state index contributed by atoms with van der Waals surface area (Å²) in [6.07, 6.45) is 1.83. The van der Waals surface area contributed by atoms with E-state index in [2.05, 4.69) is 27.6 Å². The van der Waals surface area contributed by atoms with Crippen molar-refractivity contribution >= 4 is 45.4 Å². The van der Waals surface area contributed by atoms with Crippen LogP contribution in [0.15, 0.2) is 42.6 Å². The molecule has 0 amide bonds. The molecule has 1 fully saturated rings. The molecule has 1 saturated heterocycles. The number of esters is 2. The molecule has 8 heteroatoms. The van der Waals surface area contributed by atoms with Crippen molar-refractivity contribution in [3.63, 3.8) is 0 Å². The van der Waals surface area contributed by atoms with Gasteiger partial charge >= 0.3 is 11.9 Å². The van der Waals surface area contributed by atoms with Gasteiger partial charge in [0.25, 0.3) is 5.79 Å². The first-order valence-electron chi connectivity index (χ1n) is 10.3. The Hall–Kier alpha value is -2.75. The second-order valence-corrected chi connectivity index (χ2v) is 9.12. The molecule has 1 aromatic heterocycles. The van der Waals surface area contributed by atoms with Crippen molar-refractivity contribution in [2.45, 2.75) is 32.5 Å². The number of para-hydroxylation sites is 1. The Kier molecular flexibility index (Phi) is 6.07. The number of hydrogen-bond acceptors (Lipinski definition) is 6. The molecule has 0 unspecified atom stereocenters. The van der Waals surface area contributed by atoms with Gasteiger partial charge in [-0.1, -0.05) is 18.2 Å². The Balaban J connectivity index is 1.93. The maximum absolute atomic E-state index is 13.1. The van der Waals surface area contributed by atoms with Crippen LogP contribution in [-0.4, -0.2) is 36.4 Å². The zero-order valence-electron chi connectivity index (χ0n) is 18.2. The van der Waals surface area contributed by atoms with Crippen LogP contribution in [0.5, 0.6) is 11.5 Å². The van der Waals surface area contributed by atoms with Crippen LogP contribution in [0, 0.1) is 9.49 Å². The maximum Gasteiger partial charge on any atom is 0.324 e. The number of carbonyl (C=O) groups is 2. The highest BCUT2D eigenvalue weighted by molar-refractivity contribution is 14.1. The quantitative estimate of drug-likeness (QED) is 0.271. The van der Waals surface area contributed by atoms with E-state index in [0.29, 0.717) is 18.1 Å². The molecule has 1 aliphatic rings. The molecule has 2 aromatic carbocycles. The minimum absolute atomic E-state index is 0.440. The fraction of sp³-hybridized carbons (Fsp3) is 0.333. The van der Waals surface area contributed by atoms with Crippen LogP contribution in [0.1, 0.15) is 37.8 Å². The van der Waals surface area contributed by atoms with E-state index in [0.717, 1.165) is 25.6 Å². The lowest BCUT2D eigenvalue weighted by Crippen LogP contribution is -2.48. The topological polar surface area (TPSA) is 86.9 Å². The van der Waals surface area contributed by atoms with E-state index in [1.54, 1.807) is 21.0 Å². The van der Waals surface area contributed by atoms with Crippen molar-refractivity contribution in [1.29, 1.82) is 0 Å². The van der Waals surface area contributed by atoms with Crippen LogP contribution in [0.2, 0.25) is 0 Å². The zero-order chi connectivity index (χ0) is 23.0. The molecule has 32 heavy (non-hydrogen) atoms. The molecule has 1 aliphatic heterocycles.